The van der Waals surface area contributed by atoms with Crippen LogP contribution >= 0.6 is 11.8 Å². The molecule has 2 aromatic rings. The molecule has 26 heavy (non-hydrogen) atoms. The van der Waals surface area contributed by atoms with Crippen LogP contribution in [0.1, 0.15) is 19.4 Å². The predicted octanol–water partition coefficient (Wildman–Crippen LogP) is 2.41. The molecular weight excluding hydrogens is 346 g/mol. The molecule has 0 saturated heterocycles. The molecule has 1 unspecified atom stereocenters. The van der Waals surface area contributed by atoms with Crippen LogP contribution in [0.3, 0.4) is 0 Å². The number of thioether (sulfide) groups is 1. The summed E-state index contributed by atoms with van der Waals surface area (Å²) in [6.45, 7) is 5.65. The minimum Gasteiger partial charge on any atom is -0.326 e. The van der Waals surface area contributed by atoms with Gasteiger partial charge in [0, 0.05) is 28.8 Å². The van der Waals surface area contributed by atoms with Crippen LogP contribution in [0.2, 0.25) is 0 Å². The summed E-state index contributed by atoms with van der Waals surface area (Å²) in [5.74, 6) is -0.135. The molecule has 0 aliphatic rings. The minimum atomic E-state index is -0.116. The summed E-state index contributed by atoms with van der Waals surface area (Å²) in [4.78, 5) is 25.8. The number of hydrogen-bond acceptors (Lipinski definition) is 3. The smallest absolute Gasteiger partial charge is 0.279 e. The van der Waals surface area contributed by atoms with Gasteiger partial charge in [0.1, 0.15) is 6.54 Å². The van der Waals surface area contributed by atoms with E-state index in [0.717, 1.165) is 18.8 Å². The second-order valence-electron chi connectivity index (χ2n) is 6.11. The monoisotopic (exact) mass is 372 g/mol. The topological polar surface area (TPSA) is 62.6 Å². The molecule has 0 spiro atoms. The Morgan fingerprint density at radius 3 is 2.04 bits per heavy atom. The number of amides is 2. The molecule has 2 rings (SSSR count). The molecule has 0 aromatic heterocycles. The van der Waals surface area contributed by atoms with Crippen molar-refractivity contribution >= 4 is 35.0 Å². The van der Waals surface area contributed by atoms with Gasteiger partial charge in [-0.1, -0.05) is 12.1 Å². The maximum atomic E-state index is 12.3. The number of hydrogen-bond donors (Lipinski definition) is 3. The molecule has 6 heteroatoms. The Morgan fingerprint density at radius 1 is 0.962 bits per heavy atom. The first-order valence-corrected chi connectivity index (χ1v) is 9.86. The lowest BCUT2D eigenvalue weighted by molar-refractivity contribution is -0.903. The number of carbonyl (C=O) groups excluding carboxylic acids is 2. The third kappa shape index (κ3) is 6.54. The zero-order valence-corrected chi connectivity index (χ0v) is 16.3. The number of benzene rings is 2. The van der Waals surface area contributed by atoms with Crippen LogP contribution in [0.4, 0.5) is 11.4 Å². The zero-order valence-electron chi connectivity index (χ0n) is 15.5. The lowest BCUT2D eigenvalue weighted by Gasteiger charge is -2.17. The SMILES string of the molecule is CC[NH+](CC(=O)Nc1ccc(NC(C)=O)cc1)Cc1ccc(SC)cc1. The molecule has 0 heterocycles. The fourth-order valence-electron chi connectivity index (χ4n) is 2.62. The number of quaternary nitrogens is 1. The highest BCUT2D eigenvalue weighted by molar-refractivity contribution is 7.98. The lowest BCUT2D eigenvalue weighted by Crippen LogP contribution is -3.11. The summed E-state index contributed by atoms with van der Waals surface area (Å²) in [6.07, 6.45) is 2.06. The van der Waals surface area contributed by atoms with Crippen LogP contribution < -0.4 is 15.5 Å². The Kier molecular flexibility index (Phi) is 7.69. The fourth-order valence-corrected chi connectivity index (χ4v) is 3.03. The van der Waals surface area contributed by atoms with Gasteiger partial charge < -0.3 is 15.5 Å². The van der Waals surface area contributed by atoms with Crippen LogP contribution in [0, 0.1) is 0 Å². The molecule has 138 valence electrons. The first-order chi connectivity index (χ1) is 12.5. The quantitative estimate of drug-likeness (QED) is 0.624. The number of likely N-dealkylation sites (N-methyl/N-ethyl adjacent to an activating group) is 1. The van der Waals surface area contributed by atoms with E-state index in [9.17, 15) is 9.59 Å². The first-order valence-electron chi connectivity index (χ1n) is 8.64. The molecule has 2 amide bonds. The normalized spacial score (nSPS) is 11.7. The van der Waals surface area contributed by atoms with Crippen LogP contribution in [0.5, 0.6) is 0 Å². The summed E-state index contributed by atoms with van der Waals surface area (Å²) in [6, 6.07) is 15.6. The summed E-state index contributed by atoms with van der Waals surface area (Å²) in [7, 11) is 0. The van der Waals surface area contributed by atoms with Gasteiger partial charge in [-0.2, -0.15) is 0 Å². The van der Waals surface area contributed by atoms with Crippen molar-refractivity contribution in [3.63, 3.8) is 0 Å². The highest BCUT2D eigenvalue weighted by atomic mass is 32.2. The minimum absolute atomic E-state index is 0.0186. The van der Waals surface area contributed by atoms with E-state index >= 15 is 0 Å². The number of carbonyl (C=O) groups is 2. The van der Waals surface area contributed by atoms with Crippen molar-refractivity contribution in [2.24, 2.45) is 0 Å². The van der Waals surface area contributed by atoms with Crippen molar-refractivity contribution in [1.29, 1.82) is 0 Å². The van der Waals surface area contributed by atoms with Crippen LogP contribution in [-0.4, -0.2) is 31.2 Å². The molecule has 1 atom stereocenters. The van der Waals surface area contributed by atoms with Crippen molar-refractivity contribution < 1.29 is 14.5 Å². The Bertz CT molecular complexity index is 730. The lowest BCUT2D eigenvalue weighted by atomic mass is 10.2. The summed E-state index contributed by atoms with van der Waals surface area (Å²) in [5.41, 5.74) is 2.67. The average molecular weight is 373 g/mol. The van der Waals surface area contributed by atoms with E-state index in [-0.39, 0.29) is 11.8 Å². The van der Waals surface area contributed by atoms with E-state index in [4.69, 9.17) is 0 Å². The summed E-state index contributed by atoms with van der Waals surface area (Å²) < 4.78 is 0. The van der Waals surface area contributed by atoms with Gasteiger partial charge in [0.05, 0.1) is 6.54 Å². The van der Waals surface area contributed by atoms with Crippen molar-refractivity contribution in [1.82, 2.24) is 0 Å². The largest absolute Gasteiger partial charge is 0.326 e. The van der Waals surface area contributed by atoms with E-state index in [1.54, 1.807) is 36.0 Å². The molecular formula is C20H26N3O2S+. The zero-order chi connectivity index (χ0) is 18.9. The van der Waals surface area contributed by atoms with Crippen molar-refractivity contribution in [2.75, 3.05) is 30.0 Å². The summed E-state index contributed by atoms with van der Waals surface area (Å²) >= 11 is 1.72. The van der Waals surface area contributed by atoms with Gasteiger partial charge in [-0.05, 0) is 49.6 Å². The molecule has 3 N–H and O–H groups in total. The van der Waals surface area contributed by atoms with Gasteiger partial charge in [0.25, 0.3) is 5.91 Å². The first kappa shape index (κ1) is 20.0. The number of nitrogens with one attached hydrogen (secondary N) is 3. The predicted molar refractivity (Wildman–Crippen MR) is 108 cm³/mol. The number of anilines is 2. The molecule has 0 radical (unpaired) electrons. The number of rotatable bonds is 8. The Labute approximate surface area is 159 Å². The van der Waals surface area contributed by atoms with Crippen molar-refractivity contribution in [3.05, 3.63) is 54.1 Å². The van der Waals surface area contributed by atoms with E-state index in [0.29, 0.717) is 12.2 Å². The van der Waals surface area contributed by atoms with Crippen molar-refractivity contribution in [3.8, 4) is 0 Å². The van der Waals surface area contributed by atoms with Crippen LogP contribution in [0.25, 0.3) is 0 Å². The fraction of sp³-hybridized carbons (Fsp3) is 0.300. The molecule has 0 aliphatic heterocycles. The van der Waals surface area contributed by atoms with Gasteiger partial charge in [-0.25, -0.2) is 0 Å². The Balaban J connectivity index is 1.88. The highest BCUT2D eigenvalue weighted by Crippen LogP contribution is 2.14. The third-order valence-electron chi connectivity index (χ3n) is 4.01. The van der Waals surface area contributed by atoms with Crippen molar-refractivity contribution in [2.45, 2.75) is 25.3 Å². The Hall–Kier alpha value is -2.31. The van der Waals surface area contributed by atoms with Crippen LogP contribution in [-0.2, 0) is 16.1 Å². The van der Waals surface area contributed by atoms with Crippen LogP contribution in [0.15, 0.2) is 53.4 Å². The highest BCUT2D eigenvalue weighted by Gasteiger charge is 2.13. The Morgan fingerprint density at radius 2 is 1.54 bits per heavy atom. The van der Waals surface area contributed by atoms with E-state index in [1.165, 1.54) is 22.3 Å². The maximum Gasteiger partial charge on any atom is 0.279 e. The van der Waals surface area contributed by atoms with Gasteiger partial charge in [0.15, 0.2) is 6.54 Å². The second-order valence-corrected chi connectivity index (χ2v) is 6.99. The van der Waals surface area contributed by atoms with E-state index in [2.05, 4.69) is 48.1 Å². The average Bonchev–Trinajstić information content (AvgIpc) is 2.63. The maximum absolute atomic E-state index is 12.3. The van der Waals surface area contributed by atoms with Gasteiger partial charge in [-0.15, -0.1) is 11.8 Å². The molecule has 2 aromatic carbocycles. The van der Waals surface area contributed by atoms with E-state index < -0.39 is 0 Å². The van der Waals surface area contributed by atoms with Gasteiger partial charge >= 0.3 is 0 Å². The molecule has 0 aliphatic carbocycles. The van der Waals surface area contributed by atoms with Gasteiger partial charge in [0.2, 0.25) is 5.91 Å². The molecule has 5 nitrogen and oxygen atoms in total. The standard InChI is InChI=1S/C20H25N3O2S/c1-4-23(13-16-5-11-19(26-3)12-6-16)14-20(25)22-18-9-7-17(8-10-18)21-15(2)24/h5-12H,4,13-14H2,1-3H3,(H,21,24)(H,22,25)/p+1. The molecule has 0 saturated carbocycles. The molecule has 0 fully saturated rings. The summed E-state index contributed by atoms with van der Waals surface area (Å²) in [5, 5.41) is 5.62. The van der Waals surface area contributed by atoms with E-state index in [1.807, 2.05) is 0 Å². The third-order valence-corrected chi connectivity index (χ3v) is 4.76. The molecule has 0 bridgehead atoms. The second kappa shape index (κ2) is 9.99. The van der Waals surface area contributed by atoms with Gasteiger partial charge in [-0.3, -0.25) is 9.59 Å².